The maximum Gasteiger partial charge on any atom is 0.225 e. The molecular formula is C12H27NO2. The Bertz CT molecular complexity index is 141. The second-order valence-electron chi connectivity index (χ2n) is 3.09. The van der Waals surface area contributed by atoms with E-state index >= 15 is 0 Å². The maximum atomic E-state index is 11.4. The molecule has 15 heavy (non-hydrogen) atoms. The van der Waals surface area contributed by atoms with Crippen LogP contribution in [0, 0.1) is 5.92 Å². The van der Waals surface area contributed by atoms with Gasteiger partial charge in [-0.15, -0.1) is 0 Å². The largest absolute Gasteiger partial charge is 0.378 e. The number of carbonyl (C=O) groups is 1. The van der Waals surface area contributed by atoms with Crippen LogP contribution in [0.25, 0.3) is 0 Å². The van der Waals surface area contributed by atoms with E-state index in [1.807, 2.05) is 46.4 Å². The highest BCUT2D eigenvalue weighted by atomic mass is 16.5. The third-order valence-electron chi connectivity index (χ3n) is 1.82. The predicted octanol–water partition coefficient (Wildman–Crippen LogP) is 2.55. The molecule has 3 heteroatoms. The Hall–Kier alpha value is -0.570. The van der Waals surface area contributed by atoms with Crippen LogP contribution in [0.2, 0.25) is 0 Å². The molecule has 1 aliphatic heterocycles. The van der Waals surface area contributed by atoms with Crippen LogP contribution in [-0.4, -0.2) is 37.1 Å². The molecule has 0 aliphatic carbocycles. The molecule has 1 fully saturated rings. The monoisotopic (exact) mass is 217 g/mol. The van der Waals surface area contributed by atoms with Crippen molar-refractivity contribution in [2.24, 2.45) is 5.92 Å². The first-order valence-corrected chi connectivity index (χ1v) is 6.08. The van der Waals surface area contributed by atoms with Crippen molar-refractivity contribution in [1.82, 2.24) is 4.90 Å². The number of morpholine rings is 1. The smallest absolute Gasteiger partial charge is 0.225 e. The van der Waals surface area contributed by atoms with Gasteiger partial charge in [0.2, 0.25) is 5.91 Å². The first-order chi connectivity index (χ1) is 7.22. The van der Waals surface area contributed by atoms with Gasteiger partial charge in [-0.3, -0.25) is 4.79 Å². The van der Waals surface area contributed by atoms with E-state index in [9.17, 15) is 4.79 Å². The van der Waals surface area contributed by atoms with Crippen molar-refractivity contribution < 1.29 is 9.53 Å². The van der Waals surface area contributed by atoms with Crippen molar-refractivity contribution in [3.8, 4) is 0 Å². The van der Waals surface area contributed by atoms with Gasteiger partial charge < -0.3 is 9.64 Å². The van der Waals surface area contributed by atoms with Crippen molar-refractivity contribution in [3.05, 3.63) is 0 Å². The number of hydrogen-bond acceptors (Lipinski definition) is 2. The molecule has 92 valence electrons. The van der Waals surface area contributed by atoms with E-state index in [0.29, 0.717) is 13.2 Å². The van der Waals surface area contributed by atoms with E-state index in [1.165, 1.54) is 0 Å². The number of ether oxygens (including phenoxy) is 1. The molecule has 0 aromatic carbocycles. The minimum Gasteiger partial charge on any atom is -0.378 e. The highest BCUT2D eigenvalue weighted by Crippen LogP contribution is 2.03. The van der Waals surface area contributed by atoms with Gasteiger partial charge in [-0.2, -0.15) is 0 Å². The van der Waals surface area contributed by atoms with Crippen LogP contribution in [0.1, 0.15) is 41.5 Å². The van der Waals surface area contributed by atoms with E-state index in [2.05, 4.69) is 0 Å². The van der Waals surface area contributed by atoms with E-state index in [1.54, 1.807) is 0 Å². The summed E-state index contributed by atoms with van der Waals surface area (Å²) in [5.41, 5.74) is 0. The quantitative estimate of drug-likeness (QED) is 0.675. The van der Waals surface area contributed by atoms with Gasteiger partial charge in [0.15, 0.2) is 0 Å². The average Bonchev–Trinajstić information content (AvgIpc) is 2.34. The third kappa shape index (κ3) is 7.37. The lowest BCUT2D eigenvalue weighted by atomic mass is 10.2. The molecule has 1 saturated heterocycles. The summed E-state index contributed by atoms with van der Waals surface area (Å²) in [6.45, 7) is 14.8. The molecule has 0 N–H and O–H groups in total. The van der Waals surface area contributed by atoms with Crippen LogP contribution in [0.3, 0.4) is 0 Å². The van der Waals surface area contributed by atoms with E-state index in [-0.39, 0.29) is 11.8 Å². The minimum atomic E-state index is 0.119. The van der Waals surface area contributed by atoms with Gasteiger partial charge in [-0.1, -0.05) is 41.5 Å². The van der Waals surface area contributed by atoms with Crippen molar-refractivity contribution in [1.29, 1.82) is 0 Å². The van der Waals surface area contributed by atoms with Crippen LogP contribution in [-0.2, 0) is 9.53 Å². The van der Waals surface area contributed by atoms with Gasteiger partial charge in [-0.05, 0) is 0 Å². The van der Waals surface area contributed by atoms with Crippen molar-refractivity contribution in [2.45, 2.75) is 41.5 Å². The third-order valence-corrected chi connectivity index (χ3v) is 1.82. The molecule has 0 saturated carbocycles. The Morgan fingerprint density at radius 3 is 1.80 bits per heavy atom. The fourth-order valence-corrected chi connectivity index (χ4v) is 1.15. The lowest BCUT2D eigenvalue weighted by Gasteiger charge is -2.28. The molecule has 0 aromatic rings. The summed E-state index contributed by atoms with van der Waals surface area (Å²) < 4.78 is 5.14. The van der Waals surface area contributed by atoms with E-state index < -0.39 is 0 Å². The van der Waals surface area contributed by atoms with Crippen molar-refractivity contribution in [3.63, 3.8) is 0 Å². The fourth-order valence-electron chi connectivity index (χ4n) is 1.15. The van der Waals surface area contributed by atoms with Crippen molar-refractivity contribution >= 4 is 5.91 Å². The molecule has 3 nitrogen and oxygen atoms in total. The lowest BCUT2D eigenvalue weighted by Crippen LogP contribution is -2.42. The van der Waals surface area contributed by atoms with Gasteiger partial charge in [0, 0.05) is 19.0 Å². The Morgan fingerprint density at radius 1 is 1.07 bits per heavy atom. The highest BCUT2D eigenvalue weighted by Gasteiger charge is 2.18. The van der Waals surface area contributed by atoms with Crippen LogP contribution >= 0.6 is 0 Å². The summed E-state index contributed by atoms with van der Waals surface area (Å²) in [5.74, 6) is 0.362. The van der Waals surface area contributed by atoms with Gasteiger partial charge in [0.1, 0.15) is 0 Å². The zero-order chi connectivity index (χ0) is 12.3. The van der Waals surface area contributed by atoms with Crippen LogP contribution in [0.4, 0.5) is 0 Å². The predicted molar refractivity (Wildman–Crippen MR) is 64.9 cm³/mol. The molecule has 1 rings (SSSR count). The molecule has 0 atom stereocenters. The second-order valence-corrected chi connectivity index (χ2v) is 3.09. The molecular weight excluding hydrogens is 190 g/mol. The molecule has 0 spiro atoms. The minimum absolute atomic E-state index is 0.119. The number of hydrogen-bond donors (Lipinski definition) is 0. The summed E-state index contributed by atoms with van der Waals surface area (Å²) >= 11 is 0. The Balaban J connectivity index is 0. The van der Waals surface area contributed by atoms with Gasteiger partial charge in [0.05, 0.1) is 13.2 Å². The molecule has 0 bridgehead atoms. The zero-order valence-electron chi connectivity index (χ0n) is 11.2. The average molecular weight is 217 g/mol. The molecule has 1 amide bonds. The van der Waals surface area contributed by atoms with Gasteiger partial charge >= 0.3 is 0 Å². The molecule has 0 aromatic heterocycles. The molecule has 0 unspecified atom stereocenters. The standard InChI is InChI=1S/C8H15NO2.2C2H6/c1-7(2)8(10)9-3-5-11-6-4-9;2*1-2/h7H,3-6H2,1-2H3;2*1-2H3. The van der Waals surface area contributed by atoms with Crippen LogP contribution in [0.5, 0.6) is 0 Å². The Kier molecular flexibility index (Phi) is 12.9. The summed E-state index contributed by atoms with van der Waals surface area (Å²) in [6.07, 6.45) is 0. The van der Waals surface area contributed by atoms with Crippen LogP contribution < -0.4 is 0 Å². The molecule has 1 heterocycles. The lowest BCUT2D eigenvalue weighted by molar-refractivity contribution is -0.138. The van der Waals surface area contributed by atoms with Crippen molar-refractivity contribution in [2.75, 3.05) is 26.3 Å². The molecule has 0 radical (unpaired) electrons. The Morgan fingerprint density at radius 2 is 1.47 bits per heavy atom. The summed E-state index contributed by atoms with van der Waals surface area (Å²) in [7, 11) is 0. The SMILES string of the molecule is CC.CC.CC(C)C(=O)N1CCOCC1. The Labute approximate surface area is 94.8 Å². The first-order valence-electron chi connectivity index (χ1n) is 6.08. The highest BCUT2D eigenvalue weighted by molar-refractivity contribution is 5.78. The summed E-state index contributed by atoms with van der Waals surface area (Å²) in [4.78, 5) is 13.2. The van der Waals surface area contributed by atoms with Gasteiger partial charge in [0.25, 0.3) is 0 Å². The molecule has 1 aliphatic rings. The second kappa shape index (κ2) is 11.5. The number of nitrogens with zero attached hydrogens (tertiary/aromatic N) is 1. The van der Waals surface area contributed by atoms with E-state index in [0.717, 1.165) is 13.1 Å². The number of rotatable bonds is 1. The van der Waals surface area contributed by atoms with E-state index in [4.69, 9.17) is 4.74 Å². The first kappa shape index (κ1) is 16.8. The van der Waals surface area contributed by atoms with Gasteiger partial charge in [-0.25, -0.2) is 0 Å². The topological polar surface area (TPSA) is 29.5 Å². The normalized spacial score (nSPS) is 14.7. The fraction of sp³-hybridized carbons (Fsp3) is 0.917. The van der Waals surface area contributed by atoms with Crippen LogP contribution in [0.15, 0.2) is 0 Å². The zero-order valence-corrected chi connectivity index (χ0v) is 11.2. The summed E-state index contributed by atoms with van der Waals surface area (Å²) in [6, 6.07) is 0. The number of amides is 1. The number of carbonyl (C=O) groups excluding carboxylic acids is 1. The maximum absolute atomic E-state index is 11.4. The summed E-state index contributed by atoms with van der Waals surface area (Å²) in [5, 5.41) is 0.